The van der Waals surface area contributed by atoms with Crippen LogP contribution < -0.4 is 0 Å². The molecule has 1 N–H and O–H groups in total. The number of rotatable bonds is 2. The summed E-state index contributed by atoms with van der Waals surface area (Å²) in [5, 5.41) is 10.8. The molecule has 1 saturated carbocycles. The van der Waals surface area contributed by atoms with Crippen molar-refractivity contribution in [3.05, 3.63) is 34.5 Å². The average Bonchev–Trinajstić information content (AvgIpc) is 3.21. The smallest absolute Gasteiger partial charge is 0.314 e. The number of hydrogen-bond donors (Lipinski definition) is 1. The highest BCUT2D eigenvalue weighted by atomic mass is 16.4. The first-order valence-corrected chi connectivity index (χ1v) is 7.41. The Bertz CT molecular complexity index is 750. The number of carboxylic acid groups (broad SMARTS) is 1. The van der Waals surface area contributed by atoms with Crippen LogP contribution in [0.4, 0.5) is 0 Å². The fourth-order valence-electron chi connectivity index (χ4n) is 3.79. The maximum Gasteiger partial charge on any atom is 0.314 e. The van der Waals surface area contributed by atoms with E-state index in [1.54, 1.807) is 0 Å². The summed E-state index contributed by atoms with van der Waals surface area (Å²) >= 11 is 0. The van der Waals surface area contributed by atoms with Crippen molar-refractivity contribution < 1.29 is 9.90 Å². The van der Waals surface area contributed by atoms with Crippen molar-refractivity contribution in [3.8, 4) is 0 Å². The van der Waals surface area contributed by atoms with Crippen LogP contribution in [-0.4, -0.2) is 15.6 Å². The zero-order valence-corrected chi connectivity index (χ0v) is 12.0. The van der Waals surface area contributed by atoms with Gasteiger partial charge in [-0.15, -0.1) is 0 Å². The SMILES string of the molecule is Cc1c(C)n2c3c(cc(C4(C(=O)O)CC4)cc13)CCC2. The molecule has 3 nitrogen and oxygen atoms in total. The summed E-state index contributed by atoms with van der Waals surface area (Å²) in [7, 11) is 0. The molecule has 2 aliphatic rings. The average molecular weight is 269 g/mol. The van der Waals surface area contributed by atoms with Gasteiger partial charge in [0.15, 0.2) is 0 Å². The van der Waals surface area contributed by atoms with Gasteiger partial charge in [-0.3, -0.25) is 4.79 Å². The van der Waals surface area contributed by atoms with Crippen LogP contribution in [0.1, 0.15) is 41.6 Å². The molecule has 0 unspecified atom stereocenters. The molecule has 1 aromatic carbocycles. The third-order valence-electron chi connectivity index (χ3n) is 5.35. The molecule has 104 valence electrons. The summed E-state index contributed by atoms with van der Waals surface area (Å²) in [6.07, 6.45) is 3.79. The van der Waals surface area contributed by atoms with Gasteiger partial charge in [-0.2, -0.15) is 0 Å². The van der Waals surface area contributed by atoms with Gasteiger partial charge in [0.05, 0.1) is 10.9 Å². The minimum absolute atomic E-state index is 0.593. The maximum atomic E-state index is 11.6. The van der Waals surface area contributed by atoms with Crippen molar-refractivity contribution in [2.75, 3.05) is 0 Å². The van der Waals surface area contributed by atoms with Gasteiger partial charge >= 0.3 is 5.97 Å². The number of hydrogen-bond acceptors (Lipinski definition) is 1. The molecule has 0 radical (unpaired) electrons. The molecule has 0 saturated heterocycles. The van der Waals surface area contributed by atoms with Crippen molar-refractivity contribution in [1.29, 1.82) is 0 Å². The summed E-state index contributed by atoms with van der Waals surface area (Å²) in [6, 6.07) is 4.31. The van der Waals surface area contributed by atoms with E-state index in [2.05, 4.69) is 30.5 Å². The number of aromatic nitrogens is 1. The lowest BCUT2D eigenvalue weighted by atomic mass is 9.90. The molecule has 1 aliphatic carbocycles. The van der Waals surface area contributed by atoms with Gasteiger partial charge in [-0.1, -0.05) is 6.07 Å². The van der Waals surface area contributed by atoms with Crippen molar-refractivity contribution >= 4 is 16.9 Å². The van der Waals surface area contributed by atoms with Gasteiger partial charge < -0.3 is 9.67 Å². The van der Waals surface area contributed by atoms with E-state index >= 15 is 0 Å². The Kier molecular flexibility index (Phi) is 2.20. The topological polar surface area (TPSA) is 42.2 Å². The lowest BCUT2D eigenvalue weighted by Gasteiger charge is -2.19. The predicted molar refractivity (Wildman–Crippen MR) is 78.3 cm³/mol. The van der Waals surface area contributed by atoms with E-state index in [-0.39, 0.29) is 0 Å². The van der Waals surface area contributed by atoms with Gasteiger partial charge in [-0.05, 0) is 62.3 Å². The van der Waals surface area contributed by atoms with E-state index in [0.29, 0.717) is 0 Å². The fourth-order valence-corrected chi connectivity index (χ4v) is 3.79. The van der Waals surface area contributed by atoms with Crippen molar-refractivity contribution in [2.24, 2.45) is 0 Å². The Morgan fingerprint density at radius 1 is 1.30 bits per heavy atom. The van der Waals surface area contributed by atoms with Gasteiger partial charge in [0.25, 0.3) is 0 Å². The monoisotopic (exact) mass is 269 g/mol. The van der Waals surface area contributed by atoms with Crippen LogP contribution in [0.2, 0.25) is 0 Å². The third-order valence-corrected chi connectivity index (χ3v) is 5.35. The second kappa shape index (κ2) is 3.66. The number of nitrogens with zero attached hydrogens (tertiary/aromatic N) is 1. The van der Waals surface area contributed by atoms with E-state index in [4.69, 9.17) is 0 Å². The van der Waals surface area contributed by atoms with E-state index in [0.717, 1.165) is 37.8 Å². The first kappa shape index (κ1) is 12.0. The van der Waals surface area contributed by atoms with Gasteiger partial charge in [0.2, 0.25) is 0 Å². The number of aliphatic carboxylic acids is 1. The third kappa shape index (κ3) is 1.33. The Morgan fingerprint density at radius 2 is 2.05 bits per heavy atom. The second-order valence-electron chi connectivity index (χ2n) is 6.38. The molecule has 20 heavy (non-hydrogen) atoms. The highest BCUT2D eigenvalue weighted by molar-refractivity contribution is 5.92. The Labute approximate surface area is 118 Å². The summed E-state index contributed by atoms with van der Waals surface area (Å²) in [5.74, 6) is -0.659. The standard InChI is InChI=1S/C17H19NO2/c1-10-11(2)18-7-3-4-12-8-13(9-14(10)15(12)18)17(5-6-17)16(19)20/h8-9H,3-7H2,1-2H3,(H,19,20). The molecule has 0 atom stereocenters. The number of carboxylic acids is 1. The van der Waals surface area contributed by atoms with Gasteiger partial charge in [-0.25, -0.2) is 0 Å². The molecular formula is C17H19NO2. The molecule has 0 amide bonds. The number of benzene rings is 1. The van der Waals surface area contributed by atoms with Crippen LogP contribution in [-0.2, 0) is 23.2 Å². The maximum absolute atomic E-state index is 11.6. The van der Waals surface area contributed by atoms with Gasteiger partial charge in [0.1, 0.15) is 0 Å². The van der Waals surface area contributed by atoms with E-state index in [1.807, 2.05) is 0 Å². The minimum atomic E-state index is -0.659. The zero-order valence-electron chi connectivity index (χ0n) is 12.0. The molecule has 4 rings (SSSR count). The normalized spacial score (nSPS) is 19.3. The molecule has 0 bridgehead atoms. The first-order chi connectivity index (χ1) is 9.54. The zero-order chi connectivity index (χ0) is 14.1. The van der Waals surface area contributed by atoms with Gasteiger partial charge in [0, 0.05) is 17.6 Å². The van der Waals surface area contributed by atoms with Crippen LogP contribution in [0.3, 0.4) is 0 Å². The molecule has 3 heteroatoms. The van der Waals surface area contributed by atoms with Crippen molar-refractivity contribution in [1.82, 2.24) is 4.57 Å². The van der Waals surface area contributed by atoms with Crippen LogP contribution >= 0.6 is 0 Å². The van der Waals surface area contributed by atoms with E-state index in [1.165, 1.54) is 27.7 Å². The van der Waals surface area contributed by atoms with Crippen LogP contribution in [0.15, 0.2) is 12.1 Å². The molecule has 1 aromatic heterocycles. The summed E-state index contributed by atoms with van der Waals surface area (Å²) < 4.78 is 2.41. The highest BCUT2D eigenvalue weighted by Crippen LogP contribution is 2.50. The molecule has 0 spiro atoms. The predicted octanol–water partition coefficient (Wildman–Crippen LogP) is 3.32. The number of carbonyl (C=O) groups is 1. The van der Waals surface area contributed by atoms with E-state index < -0.39 is 11.4 Å². The summed E-state index contributed by atoms with van der Waals surface area (Å²) in [6.45, 7) is 5.42. The molecular weight excluding hydrogens is 250 g/mol. The van der Waals surface area contributed by atoms with Crippen molar-refractivity contribution in [3.63, 3.8) is 0 Å². The molecule has 1 fully saturated rings. The lowest BCUT2D eigenvalue weighted by molar-refractivity contribution is -0.140. The quantitative estimate of drug-likeness (QED) is 0.908. The molecule has 2 aromatic rings. The Hall–Kier alpha value is -1.77. The van der Waals surface area contributed by atoms with Crippen LogP contribution in [0, 0.1) is 13.8 Å². The Balaban J connectivity index is 2.04. The van der Waals surface area contributed by atoms with E-state index in [9.17, 15) is 9.90 Å². The summed E-state index contributed by atoms with van der Waals surface area (Å²) in [4.78, 5) is 11.6. The second-order valence-corrected chi connectivity index (χ2v) is 6.38. The molecule has 1 aliphatic heterocycles. The lowest BCUT2D eigenvalue weighted by Crippen LogP contribution is -2.20. The summed E-state index contributed by atoms with van der Waals surface area (Å²) in [5.41, 5.74) is 5.76. The van der Waals surface area contributed by atoms with Crippen molar-refractivity contribution in [2.45, 2.75) is 51.5 Å². The molecule has 2 heterocycles. The largest absolute Gasteiger partial charge is 0.481 e. The fraction of sp³-hybridized carbons (Fsp3) is 0.471. The Morgan fingerprint density at radius 3 is 2.70 bits per heavy atom. The highest BCUT2D eigenvalue weighted by Gasteiger charge is 2.52. The first-order valence-electron chi connectivity index (χ1n) is 7.41. The van der Waals surface area contributed by atoms with Crippen LogP contribution in [0.25, 0.3) is 10.9 Å². The van der Waals surface area contributed by atoms with Crippen LogP contribution in [0.5, 0.6) is 0 Å². The minimum Gasteiger partial charge on any atom is -0.481 e. The number of aryl methyl sites for hydroxylation is 3.